The molecular weight excluding hydrogens is 295 g/mol. The first-order valence-electron chi connectivity index (χ1n) is 11.0. The summed E-state index contributed by atoms with van der Waals surface area (Å²) < 4.78 is 0. The van der Waals surface area contributed by atoms with Gasteiger partial charge in [0.05, 0.1) is 24.6 Å². The van der Waals surface area contributed by atoms with E-state index in [1.165, 1.54) is 95.5 Å². The van der Waals surface area contributed by atoms with Crippen molar-refractivity contribution in [1.82, 2.24) is 0 Å². The van der Waals surface area contributed by atoms with Crippen molar-refractivity contribution in [3.05, 3.63) is 0 Å². The molecule has 0 nitrogen and oxygen atoms in total. The molecule has 0 fully saturated rings. The summed E-state index contributed by atoms with van der Waals surface area (Å²) in [6, 6.07) is 0. The van der Waals surface area contributed by atoms with Gasteiger partial charge in [-0.1, -0.05) is 84.5 Å². The van der Waals surface area contributed by atoms with Gasteiger partial charge in [0, 0.05) is 7.26 Å². The highest BCUT2D eigenvalue weighted by molar-refractivity contribution is 7.75. The van der Waals surface area contributed by atoms with Gasteiger partial charge in [-0.15, -0.1) is 0 Å². The molecule has 1 heteroatoms. The molecule has 0 aromatic rings. The summed E-state index contributed by atoms with van der Waals surface area (Å²) in [6.45, 7) is 12.1. The molecule has 0 N–H and O–H groups in total. The van der Waals surface area contributed by atoms with Crippen molar-refractivity contribution < 1.29 is 0 Å². The van der Waals surface area contributed by atoms with Crippen LogP contribution in [0.3, 0.4) is 0 Å². The van der Waals surface area contributed by atoms with E-state index in [-0.39, 0.29) is 0 Å². The summed E-state index contributed by atoms with van der Waals surface area (Å²) in [4.78, 5) is 0. The van der Waals surface area contributed by atoms with Crippen molar-refractivity contribution in [2.75, 3.05) is 24.6 Å². The molecule has 23 heavy (non-hydrogen) atoms. The Hall–Kier alpha value is 0.430. The Balaban J connectivity index is 3.47. The molecule has 0 saturated heterocycles. The van der Waals surface area contributed by atoms with E-state index in [1.807, 2.05) is 0 Å². The Morgan fingerprint density at radius 2 is 0.957 bits per heavy atom. The van der Waals surface area contributed by atoms with Gasteiger partial charge in [-0.3, -0.25) is 0 Å². The zero-order valence-electron chi connectivity index (χ0n) is 17.3. The highest BCUT2D eigenvalue weighted by Gasteiger charge is 2.32. The van der Waals surface area contributed by atoms with E-state index >= 15 is 0 Å². The third kappa shape index (κ3) is 12.4. The third-order valence-electron chi connectivity index (χ3n) is 6.01. The minimum absolute atomic E-state index is 0.577. The van der Waals surface area contributed by atoms with Crippen molar-refractivity contribution >= 4 is 7.26 Å². The molecule has 1 unspecified atom stereocenters. The van der Waals surface area contributed by atoms with Crippen LogP contribution in [0.2, 0.25) is 0 Å². The highest BCUT2D eigenvalue weighted by Crippen LogP contribution is 2.59. The van der Waals surface area contributed by atoms with Crippen molar-refractivity contribution in [1.29, 1.82) is 0 Å². The Kier molecular flexibility index (Phi) is 16.2. The molecule has 0 bridgehead atoms. The maximum Gasteiger partial charge on any atom is 0.0619 e. The fourth-order valence-electron chi connectivity index (χ4n) is 3.97. The van der Waals surface area contributed by atoms with Crippen molar-refractivity contribution in [2.45, 2.75) is 112 Å². The summed E-state index contributed by atoms with van der Waals surface area (Å²) in [5.74, 6) is 0.974. The van der Waals surface area contributed by atoms with Gasteiger partial charge < -0.3 is 0 Å². The first kappa shape index (κ1) is 23.4. The van der Waals surface area contributed by atoms with Gasteiger partial charge in [0.25, 0.3) is 0 Å². The van der Waals surface area contributed by atoms with Crippen LogP contribution >= 0.6 is 7.26 Å². The summed E-state index contributed by atoms with van der Waals surface area (Å²) >= 11 is 0. The van der Waals surface area contributed by atoms with E-state index in [4.69, 9.17) is 0 Å². The van der Waals surface area contributed by atoms with Gasteiger partial charge in [0.1, 0.15) is 0 Å². The molecule has 0 aromatic carbocycles. The van der Waals surface area contributed by atoms with Crippen LogP contribution in [-0.2, 0) is 0 Å². The lowest BCUT2D eigenvalue weighted by Gasteiger charge is -2.26. The lowest BCUT2D eigenvalue weighted by Crippen LogP contribution is -2.13. The first-order chi connectivity index (χ1) is 11.1. The molecule has 0 aliphatic heterocycles. The maximum atomic E-state index is 2.52. The van der Waals surface area contributed by atoms with Gasteiger partial charge in [0.15, 0.2) is 0 Å². The predicted octanol–water partition coefficient (Wildman–Crippen LogP) is 8.40. The van der Waals surface area contributed by atoms with E-state index in [2.05, 4.69) is 34.6 Å². The molecule has 0 saturated carbocycles. The van der Waals surface area contributed by atoms with Gasteiger partial charge in [0.2, 0.25) is 0 Å². The fourth-order valence-corrected chi connectivity index (χ4v) is 7.59. The zero-order valence-corrected chi connectivity index (χ0v) is 18.2. The zero-order chi connectivity index (χ0) is 17.4. The van der Waals surface area contributed by atoms with Crippen LogP contribution in [0.15, 0.2) is 0 Å². The van der Waals surface area contributed by atoms with Crippen LogP contribution in [-0.4, -0.2) is 24.6 Å². The smallest absolute Gasteiger partial charge is 0.0619 e. The second-order valence-electron chi connectivity index (χ2n) is 7.90. The van der Waals surface area contributed by atoms with Crippen molar-refractivity contribution in [2.24, 2.45) is 5.92 Å². The molecule has 0 aliphatic carbocycles. The average molecular weight is 344 g/mol. The second kappa shape index (κ2) is 15.9. The van der Waals surface area contributed by atoms with Crippen molar-refractivity contribution in [3.8, 4) is 0 Å². The highest BCUT2D eigenvalue weighted by atomic mass is 31.2. The van der Waals surface area contributed by atoms with E-state index in [9.17, 15) is 0 Å². The largest absolute Gasteiger partial charge is 0.0654 e. The molecule has 140 valence electrons. The molecule has 0 radical (unpaired) electrons. The lowest BCUT2D eigenvalue weighted by molar-refractivity contribution is 0.506. The topological polar surface area (TPSA) is 0 Å². The normalized spacial score (nSPS) is 13.4. The first-order valence-corrected chi connectivity index (χ1v) is 13.5. The van der Waals surface area contributed by atoms with Crippen LogP contribution in [0.25, 0.3) is 0 Å². The predicted molar refractivity (Wildman–Crippen MR) is 114 cm³/mol. The Morgan fingerprint density at radius 1 is 0.565 bits per heavy atom. The molecule has 0 aliphatic rings. The number of rotatable bonds is 17. The molecule has 0 spiro atoms. The summed E-state index contributed by atoms with van der Waals surface area (Å²) in [5.41, 5.74) is 0. The summed E-state index contributed by atoms with van der Waals surface area (Å²) in [6.07, 6.45) is 23.6. The Morgan fingerprint density at radius 3 is 1.35 bits per heavy atom. The second-order valence-corrected chi connectivity index (χ2v) is 12.8. The SMILES string of the molecule is CCCCCCCCCCCCCC(C)C[P+](CC)(CC)CC. The minimum Gasteiger partial charge on any atom is -0.0654 e. The van der Waals surface area contributed by atoms with Gasteiger partial charge in [-0.2, -0.15) is 0 Å². The van der Waals surface area contributed by atoms with Gasteiger partial charge in [-0.25, -0.2) is 0 Å². The van der Waals surface area contributed by atoms with E-state index in [0.29, 0.717) is 0 Å². The average Bonchev–Trinajstić information content (AvgIpc) is 2.57. The van der Waals surface area contributed by atoms with Crippen LogP contribution < -0.4 is 0 Å². The van der Waals surface area contributed by atoms with Gasteiger partial charge in [-0.05, 0) is 33.1 Å². The van der Waals surface area contributed by atoms with Crippen molar-refractivity contribution in [3.63, 3.8) is 0 Å². The molecule has 0 aromatic heterocycles. The summed E-state index contributed by atoms with van der Waals surface area (Å²) in [7, 11) is -0.577. The van der Waals surface area contributed by atoms with Crippen LogP contribution in [0, 0.1) is 5.92 Å². The molecule has 0 rings (SSSR count). The van der Waals surface area contributed by atoms with E-state index < -0.39 is 7.26 Å². The molecule has 0 heterocycles. The van der Waals surface area contributed by atoms with Crippen LogP contribution in [0.5, 0.6) is 0 Å². The summed E-state index contributed by atoms with van der Waals surface area (Å²) in [5, 5.41) is 0. The molecular formula is C22H48P+. The standard InChI is InChI=1S/C22H48P/c1-6-10-11-12-13-14-15-16-17-18-19-20-22(5)21-23(7-2,8-3)9-4/h22H,6-21H2,1-5H3/q+1. The number of hydrogen-bond donors (Lipinski definition) is 0. The van der Waals surface area contributed by atoms with E-state index in [0.717, 1.165) is 5.92 Å². The number of hydrogen-bond acceptors (Lipinski definition) is 0. The van der Waals surface area contributed by atoms with Crippen LogP contribution in [0.1, 0.15) is 112 Å². The Labute approximate surface area is 149 Å². The lowest BCUT2D eigenvalue weighted by atomic mass is 10.0. The Bertz CT molecular complexity index is 224. The van der Waals surface area contributed by atoms with E-state index in [1.54, 1.807) is 6.16 Å². The minimum atomic E-state index is -0.577. The number of unbranched alkanes of at least 4 members (excludes halogenated alkanes) is 10. The monoisotopic (exact) mass is 343 g/mol. The molecule has 0 amide bonds. The molecule has 1 atom stereocenters. The van der Waals surface area contributed by atoms with Crippen LogP contribution in [0.4, 0.5) is 0 Å². The third-order valence-corrected chi connectivity index (χ3v) is 11.4. The maximum absolute atomic E-state index is 2.52. The quantitative estimate of drug-likeness (QED) is 0.184. The van der Waals surface area contributed by atoms with Gasteiger partial charge >= 0.3 is 0 Å². The fraction of sp³-hybridized carbons (Fsp3) is 1.00.